The summed E-state index contributed by atoms with van der Waals surface area (Å²) in [6.45, 7) is 29.7. The highest BCUT2D eigenvalue weighted by molar-refractivity contribution is 5.70. The number of rotatable bonds is 20. The van der Waals surface area contributed by atoms with Gasteiger partial charge in [-0.05, 0) is 55.4 Å². The predicted octanol–water partition coefficient (Wildman–Crippen LogP) is 3.46. The summed E-state index contributed by atoms with van der Waals surface area (Å²) in [5, 5.41) is 0. The molecule has 0 bridgehead atoms. The van der Waals surface area contributed by atoms with Crippen LogP contribution in [0.3, 0.4) is 0 Å². The Labute approximate surface area is 204 Å². The van der Waals surface area contributed by atoms with Crippen molar-refractivity contribution >= 4 is 11.9 Å². The third-order valence-electron chi connectivity index (χ3n) is 8.60. The smallest absolute Gasteiger partial charge is 0.311 e. The third kappa shape index (κ3) is 10.7. The van der Waals surface area contributed by atoms with Gasteiger partial charge in [-0.3, -0.25) is 9.59 Å². The maximum atomic E-state index is 12.4. The van der Waals surface area contributed by atoms with Gasteiger partial charge in [-0.1, -0.05) is 0 Å². The maximum absolute atomic E-state index is 12.4. The highest BCUT2D eigenvalue weighted by Crippen LogP contribution is 2.12. The van der Waals surface area contributed by atoms with Crippen LogP contribution < -0.4 is 0 Å². The number of quaternary nitrogens is 3. The van der Waals surface area contributed by atoms with E-state index < -0.39 is 0 Å². The summed E-state index contributed by atoms with van der Waals surface area (Å²) in [6.07, 6.45) is 0.787. The van der Waals surface area contributed by atoms with E-state index in [0.29, 0.717) is 39.1 Å². The molecule has 7 nitrogen and oxygen atoms in total. The number of carbonyl (C=O) groups is 2. The van der Waals surface area contributed by atoms with Crippen molar-refractivity contribution in [2.45, 2.75) is 68.2 Å². The van der Waals surface area contributed by atoms with Crippen molar-refractivity contribution in [2.24, 2.45) is 0 Å². The minimum absolute atomic E-state index is 0.129. The Kier molecular flexibility index (Phi) is 15.9. The lowest BCUT2D eigenvalue weighted by atomic mass is 10.2. The van der Waals surface area contributed by atoms with E-state index in [1.165, 1.54) is 0 Å². The van der Waals surface area contributed by atoms with Crippen LogP contribution in [0.2, 0.25) is 0 Å². The van der Waals surface area contributed by atoms with E-state index in [2.05, 4.69) is 55.4 Å². The van der Waals surface area contributed by atoms with E-state index in [1.54, 1.807) is 0 Å². The molecule has 0 unspecified atom stereocenters. The number of carbonyl (C=O) groups excluding carboxylic acids is 2. The lowest BCUT2D eigenvalue weighted by Crippen LogP contribution is -2.51. The molecule has 7 heteroatoms. The molecule has 0 aliphatic rings. The molecule has 0 spiro atoms. The van der Waals surface area contributed by atoms with Crippen LogP contribution in [0.1, 0.15) is 68.2 Å². The summed E-state index contributed by atoms with van der Waals surface area (Å²) in [4.78, 5) is 24.8. The highest BCUT2D eigenvalue weighted by Gasteiger charge is 2.27. The van der Waals surface area contributed by atoms with E-state index in [9.17, 15) is 9.59 Å². The minimum Gasteiger partial charge on any atom is -0.460 e. The first-order valence-electron chi connectivity index (χ1n) is 13.6. The van der Waals surface area contributed by atoms with Crippen molar-refractivity contribution < 1.29 is 32.5 Å². The van der Waals surface area contributed by atoms with Crippen LogP contribution in [0.25, 0.3) is 0 Å². The van der Waals surface area contributed by atoms with Gasteiger partial charge in [-0.15, -0.1) is 0 Å². The van der Waals surface area contributed by atoms with E-state index in [1.807, 2.05) is 0 Å². The normalized spacial score (nSPS) is 12.6. The fraction of sp³-hybridized carbons (Fsp3) is 0.923. The van der Waals surface area contributed by atoms with Crippen LogP contribution in [0, 0.1) is 0 Å². The number of nitrogens with zero attached hydrogens (tertiary/aromatic N) is 3. The molecule has 0 aromatic rings. The van der Waals surface area contributed by atoms with Gasteiger partial charge in [0.2, 0.25) is 0 Å². The zero-order chi connectivity index (χ0) is 25.4. The van der Waals surface area contributed by atoms with Crippen molar-refractivity contribution in [3.63, 3.8) is 0 Å². The van der Waals surface area contributed by atoms with Crippen LogP contribution >= 0.6 is 0 Å². The number of hydrogen-bond acceptors (Lipinski definition) is 4. The summed E-state index contributed by atoms with van der Waals surface area (Å²) in [6, 6.07) is 0. The van der Waals surface area contributed by atoms with Gasteiger partial charge in [0.1, 0.15) is 26.3 Å². The summed E-state index contributed by atoms with van der Waals surface area (Å²) in [7, 11) is 0. The first-order valence-corrected chi connectivity index (χ1v) is 13.6. The number of hydrogen-bond donors (Lipinski definition) is 0. The Bertz CT molecular complexity index is 481. The zero-order valence-electron chi connectivity index (χ0n) is 23.3. The molecule has 0 saturated carbocycles. The quantitative estimate of drug-likeness (QED) is 0.200. The van der Waals surface area contributed by atoms with E-state index in [0.717, 1.165) is 78.9 Å². The summed E-state index contributed by atoms with van der Waals surface area (Å²) in [5.41, 5.74) is 0. The van der Waals surface area contributed by atoms with Crippen LogP contribution in [0.5, 0.6) is 0 Å². The molecular formula is C26H56N3O4+3. The summed E-state index contributed by atoms with van der Waals surface area (Å²) < 4.78 is 13.8. The van der Waals surface area contributed by atoms with E-state index in [-0.39, 0.29) is 11.9 Å². The number of likely N-dealkylation sites (N-methyl/N-ethyl adjacent to an activating group) is 2. The van der Waals surface area contributed by atoms with Crippen molar-refractivity contribution in [1.29, 1.82) is 0 Å². The molecule has 0 aliphatic heterocycles. The second-order valence-corrected chi connectivity index (χ2v) is 9.39. The molecule has 0 saturated heterocycles. The van der Waals surface area contributed by atoms with Gasteiger partial charge in [-0.25, -0.2) is 0 Å². The molecule has 0 N–H and O–H groups in total. The molecule has 33 heavy (non-hydrogen) atoms. The van der Waals surface area contributed by atoms with Gasteiger partial charge in [0, 0.05) is 0 Å². The lowest BCUT2D eigenvalue weighted by Gasteiger charge is -2.37. The topological polar surface area (TPSA) is 52.6 Å². The fourth-order valence-corrected chi connectivity index (χ4v) is 4.77. The fourth-order valence-electron chi connectivity index (χ4n) is 4.77. The Morgan fingerprint density at radius 1 is 0.455 bits per heavy atom. The predicted molar refractivity (Wildman–Crippen MR) is 136 cm³/mol. The van der Waals surface area contributed by atoms with Gasteiger partial charge >= 0.3 is 11.9 Å². The molecule has 196 valence electrons. The van der Waals surface area contributed by atoms with Crippen LogP contribution in [0.15, 0.2) is 0 Å². The van der Waals surface area contributed by atoms with Gasteiger partial charge in [0.25, 0.3) is 0 Å². The summed E-state index contributed by atoms with van der Waals surface area (Å²) >= 11 is 0. The SMILES string of the molecule is CC[N+](CC)(CC)CCOC(=O)CC[N+](CC)(CC)CCC(=O)OCC[N+](CC)(CC)CC. The van der Waals surface area contributed by atoms with Gasteiger partial charge in [-0.2, -0.15) is 0 Å². The average molecular weight is 475 g/mol. The van der Waals surface area contributed by atoms with Crippen LogP contribution in [-0.4, -0.2) is 117 Å². The van der Waals surface area contributed by atoms with E-state index in [4.69, 9.17) is 9.47 Å². The number of ether oxygens (including phenoxy) is 2. The Morgan fingerprint density at radius 3 is 0.970 bits per heavy atom. The Morgan fingerprint density at radius 2 is 0.727 bits per heavy atom. The second-order valence-electron chi connectivity index (χ2n) is 9.39. The minimum atomic E-state index is -0.129. The molecule has 0 radical (unpaired) electrons. The molecule has 0 fully saturated rings. The monoisotopic (exact) mass is 474 g/mol. The Balaban J connectivity index is 4.55. The molecule has 0 aromatic carbocycles. The van der Waals surface area contributed by atoms with Gasteiger partial charge < -0.3 is 22.9 Å². The third-order valence-corrected chi connectivity index (χ3v) is 8.60. The molecule has 0 amide bonds. The second kappa shape index (κ2) is 16.4. The van der Waals surface area contributed by atoms with Crippen LogP contribution in [0.4, 0.5) is 0 Å². The maximum Gasteiger partial charge on any atom is 0.311 e. The number of esters is 2. The first-order chi connectivity index (χ1) is 15.7. The lowest BCUT2D eigenvalue weighted by molar-refractivity contribution is -0.924. The molecular weight excluding hydrogens is 418 g/mol. The molecule has 0 aromatic heterocycles. The molecule has 0 atom stereocenters. The first kappa shape index (κ1) is 31.8. The Hall–Kier alpha value is -1.18. The van der Waals surface area contributed by atoms with Crippen LogP contribution in [-0.2, 0) is 19.1 Å². The molecule has 0 aliphatic carbocycles. The summed E-state index contributed by atoms with van der Waals surface area (Å²) in [5.74, 6) is -0.257. The van der Waals surface area contributed by atoms with E-state index >= 15 is 0 Å². The standard InChI is InChI=1S/C26H56N3O4/c1-9-27(10-2,11-3)21-23-32-25(30)17-19-29(15-7,16-8)20-18-26(31)33-24-22-28(12-4,13-5)14-6/h9-24H2,1-8H3/q+3. The van der Waals surface area contributed by atoms with Gasteiger partial charge in [0.05, 0.1) is 78.3 Å². The van der Waals surface area contributed by atoms with Crippen molar-refractivity contribution in [2.75, 3.05) is 91.8 Å². The molecule has 0 rings (SSSR count). The van der Waals surface area contributed by atoms with Crippen molar-refractivity contribution in [1.82, 2.24) is 0 Å². The van der Waals surface area contributed by atoms with Gasteiger partial charge in [0.15, 0.2) is 0 Å². The average Bonchev–Trinajstić information content (AvgIpc) is 2.85. The highest BCUT2D eigenvalue weighted by atomic mass is 16.5. The zero-order valence-corrected chi connectivity index (χ0v) is 23.3. The molecule has 0 heterocycles. The van der Waals surface area contributed by atoms with Crippen molar-refractivity contribution in [3.05, 3.63) is 0 Å². The largest absolute Gasteiger partial charge is 0.460 e. The van der Waals surface area contributed by atoms with Crippen molar-refractivity contribution in [3.8, 4) is 0 Å².